The van der Waals surface area contributed by atoms with Crippen LogP contribution in [0.2, 0.25) is 51.9 Å². The van der Waals surface area contributed by atoms with Crippen molar-refractivity contribution in [1.82, 2.24) is 0 Å². The molecule has 0 aliphatic rings. The molecule has 0 aromatic heterocycles. The summed E-state index contributed by atoms with van der Waals surface area (Å²) < 4.78 is 29.8. The first-order chi connectivity index (χ1) is 12.5. The van der Waals surface area contributed by atoms with Crippen molar-refractivity contribution >= 4 is 25.2 Å². The molecule has 0 amide bonds. The number of unbranched alkanes of at least 4 members (excludes halogenated alkanes) is 1. The van der Waals surface area contributed by atoms with Crippen LogP contribution in [0.25, 0.3) is 0 Å². The Bertz CT molecular complexity index is 340. The van der Waals surface area contributed by atoms with E-state index in [2.05, 4.69) is 52.8 Å². The molecule has 0 fully saturated rings. The van der Waals surface area contributed by atoms with Crippen LogP contribution in [0.4, 0.5) is 0 Å². The third-order valence-corrected chi connectivity index (χ3v) is 13.2. The molecular weight excluding hydrogens is 392 g/mol. The van der Waals surface area contributed by atoms with Gasteiger partial charge in [-0.05, 0) is 71.1 Å². The summed E-state index contributed by atoms with van der Waals surface area (Å²) in [6.07, 6.45) is 4.27. The monoisotopic (exact) mass is 438 g/mol. The summed E-state index contributed by atoms with van der Waals surface area (Å²) in [5.74, 6) is 0. The van der Waals surface area contributed by atoms with Crippen LogP contribution in [-0.2, 0) is 22.4 Å². The van der Waals surface area contributed by atoms with Crippen molar-refractivity contribution in [1.29, 1.82) is 0 Å². The van der Waals surface area contributed by atoms with Crippen molar-refractivity contribution < 1.29 is 22.4 Å². The second-order valence-electron chi connectivity index (χ2n) is 9.21. The van der Waals surface area contributed by atoms with Gasteiger partial charge in [0.25, 0.3) is 0 Å². The van der Waals surface area contributed by atoms with Gasteiger partial charge in [0.15, 0.2) is 16.6 Å². The van der Waals surface area contributed by atoms with Crippen LogP contribution in [0.15, 0.2) is 0 Å². The molecular formula is C19H46O5Si3. The highest BCUT2D eigenvalue weighted by atomic mass is 28.5. The van der Waals surface area contributed by atoms with Crippen molar-refractivity contribution in [3.05, 3.63) is 0 Å². The topological polar surface area (TPSA) is 46.2 Å². The molecule has 0 aliphatic carbocycles. The second kappa shape index (κ2) is 14.4. The lowest BCUT2D eigenvalue weighted by molar-refractivity contribution is 0.0353. The zero-order valence-electron chi connectivity index (χ0n) is 19.3. The normalized spacial score (nSPS) is 13.3. The summed E-state index contributed by atoms with van der Waals surface area (Å²) >= 11 is 0. The SMILES string of the molecule is CCCCOCCCOCCOCCC[Si](C)(O[Si](C)(C)C)O[Si](C)(C)C. The van der Waals surface area contributed by atoms with Gasteiger partial charge in [0.2, 0.25) is 0 Å². The molecule has 5 nitrogen and oxygen atoms in total. The molecule has 0 atom stereocenters. The lowest BCUT2D eigenvalue weighted by Gasteiger charge is -2.38. The minimum atomic E-state index is -2.12. The number of rotatable bonds is 18. The van der Waals surface area contributed by atoms with Gasteiger partial charge in [0.05, 0.1) is 13.2 Å². The van der Waals surface area contributed by atoms with Crippen LogP contribution >= 0.6 is 0 Å². The van der Waals surface area contributed by atoms with Gasteiger partial charge in [-0.15, -0.1) is 0 Å². The molecule has 27 heavy (non-hydrogen) atoms. The molecule has 0 N–H and O–H groups in total. The zero-order valence-corrected chi connectivity index (χ0v) is 22.3. The standard InChI is InChI=1S/C19H46O5Si3/c1-9-10-13-20-14-11-15-21-17-18-22-16-12-19-27(8,23-25(2,3)4)24-26(5,6)7/h9-19H2,1-8H3. The molecule has 164 valence electrons. The smallest absolute Gasteiger partial charge is 0.314 e. The molecule has 0 bridgehead atoms. The number of hydrogen-bond acceptors (Lipinski definition) is 5. The van der Waals surface area contributed by atoms with Crippen molar-refractivity contribution in [3.63, 3.8) is 0 Å². The molecule has 0 saturated carbocycles. The summed E-state index contributed by atoms with van der Waals surface area (Å²) in [7, 11) is -5.34. The first-order valence-corrected chi connectivity index (χ1v) is 19.9. The predicted molar refractivity (Wildman–Crippen MR) is 122 cm³/mol. The first kappa shape index (κ1) is 27.5. The van der Waals surface area contributed by atoms with E-state index in [1.165, 1.54) is 6.42 Å². The summed E-state index contributed by atoms with van der Waals surface area (Å²) in [6.45, 7) is 22.3. The molecule has 0 radical (unpaired) electrons. The maximum atomic E-state index is 6.51. The predicted octanol–water partition coefficient (Wildman–Crippen LogP) is 5.39. The summed E-state index contributed by atoms with van der Waals surface area (Å²) in [5.41, 5.74) is 0. The Morgan fingerprint density at radius 3 is 1.37 bits per heavy atom. The van der Waals surface area contributed by atoms with E-state index >= 15 is 0 Å². The van der Waals surface area contributed by atoms with Crippen molar-refractivity contribution in [2.45, 2.75) is 84.5 Å². The van der Waals surface area contributed by atoms with E-state index in [0.717, 1.165) is 51.7 Å². The van der Waals surface area contributed by atoms with Gasteiger partial charge in [-0.3, -0.25) is 0 Å². The fraction of sp³-hybridized carbons (Fsp3) is 1.00. The van der Waals surface area contributed by atoms with E-state index in [0.29, 0.717) is 13.2 Å². The van der Waals surface area contributed by atoms with Crippen molar-refractivity contribution in [3.8, 4) is 0 Å². The Hall–Kier alpha value is 0.451. The molecule has 8 heteroatoms. The van der Waals surface area contributed by atoms with Gasteiger partial charge in [0.1, 0.15) is 0 Å². The largest absolute Gasteiger partial charge is 0.437 e. The fourth-order valence-corrected chi connectivity index (χ4v) is 15.4. The highest BCUT2D eigenvalue weighted by molar-refractivity contribution is 6.87. The summed E-state index contributed by atoms with van der Waals surface area (Å²) in [4.78, 5) is 0. The van der Waals surface area contributed by atoms with E-state index in [1.54, 1.807) is 0 Å². The van der Waals surface area contributed by atoms with Crippen LogP contribution in [0, 0.1) is 0 Å². The Morgan fingerprint density at radius 1 is 0.519 bits per heavy atom. The van der Waals surface area contributed by atoms with E-state index in [1.807, 2.05) is 0 Å². The van der Waals surface area contributed by atoms with Gasteiger partial charge >= 0.3 is 8.56 Å². The average molecular weight is 439 g/mol. The maximum Gasteiger partial charge on any atom is 0.314 e. The van der Waals surface area contributed by atoms with E-state index in [9.17, 15) is 0 Å². The van der Waals surface area contributed by atoms with E-state index in [4.69, 9.17) is 22.4 Å². The molecule has 0 aliphatic heterocycles. The molecule has 0 unspecified atom stereocenters. The molecule has 0 saturated heterocycles. The minimum Gasteiger partial charge on any atom is -0.437 e. The third-order valence-electron chi connectivity index (χ3n) is 3.56. The van der Waals surface area contributed by atoms with Crippen LogP contribution in [0.5, 0.6) is 0 Å². The molecule has 0 aromatic carbocycles. The fourth-order valence-electron chi connectivity index (χ4n) is 2.85. The Kier molecular flexibility index (Phi) is 14.7. The molecule has 0 rings (SSSR count). The van der Waals surface area contributed by atoms with Crippen LogP contribution in [-0.4, -0.2) is 64.8 Å². The zero-order chi connectivity index (χ0) is 20.8. The Morgan fingerprint density at radius 2 is 0.926 bits per heavy atom. The maximum absolute atomic E-state index is 6.51. The van der Waals surface area contributed by atoms with E-state index < -0.39 is 25.2 Å². The van der Waals surface area contributed by atoms with Gasteiger partial charge in [-0.2, -0.15) is 0 Å². The molecule has 0 heterocycles. The minimum absolute atomic E-state index is 0.652. The average Bonchev–Trinajstić information content (AvgIpc) is 2.48. The number of hydrogen-bond donors (Lipinski definition) is 0. The number of ether oxygens (including phenoxy) is 3. The highest BCUT2D eigenvalue weighted by Crippen LogP contribution is 2.25. The Labute approximate surface area is 172 Å². The van der Waals surface area contributed by atoms with Gasteiger partial charge in [-0.25, -0.2) is 0 Å². The Balaban J connectivity index is 3.80. The van der Waals surface area contributed by atoms with Crippen LogP contribution < -0.4 is 0 Å². The van der Waals surface area contributed by atoms with Gasteiger partial charge < -0.3 is 22.4 Å². The van der Waals surface area contributed by atoms with Crippen molar-refractivity contribution in [2.75, 3.05) is 39.6 Å². The van der Waals surface area contributed by atoms with Crippen LogP contribution in [0.3, 0.4) is 0 Å². The summed E-state index contributed by atoms with van der Waals surface area (Å²) in [5, 5.41) is 0. The molecule has 0 spiro atoms. The first-order valence-electron chi connectivity index (χ1n) is 10.6. The van der Waals surface area contributed by atoms with Gasteiger partial charge in [-0.1, -0.05) is 13.3 Å². The highest BCUT2D eigenvalue weighted by Gasteiger charge is 2.39. The van der Waals surface area contributed by atoms with Gasteiger partial charge in [0, 0.05) is 26.4 Å². The summed E-state index contributed by atoms with van der Waals surface area (Å²) in [6, 6.07) is 0.998. The molecule has 0 aromatic rings. The third kappa shape index (κ3) is 19.5. The van der Waals surface area contributed by atoms with Crippen molar-refractivity contribution in [2.24, 2.45) is 0 Å². The second-order valence-corrected chi connectivity index (χ2v) is 22.1. The van der Waals surface area contributed by atoms with Crippen LogP contribution in [0.1, 0.15) is 32.6 Å². The lowest BCUT2D eigenvalue weighted by Crippen LogP contribution is -2.52. The lowest BCUT2D eigenvalue weighted by atomic mass is 10.4. The quantitative estimate of drug-likeness (QED) is 0.212. The van der Waals surface area contributed by atoms with E-state index in [-0.39, 0.29) is 0 Å².